The van der Waals surface area contributed by atoms with Crippen LogP contribution >= 0.6 is 0 Å². The van der Waals surface area contributed by atoms with Crippen LogP contribution in [0.4, 0.5) is 5.69 Å². The number of nitrogens with two attached hydrogens (primary N) is 1. The van der Waals surface area contributed by atoms with Gasteiger partial charge in [0.15, 0.2) is 0 Å². The molecule has 18 heavy (non-hydrogen) atoms. The van der Waals surface area contributed by atoms with Gasteiger partial charge in [-0.05, 0) is 37.0 Å². The highest BCUT2D eigenvalue weighted by atomic mass is 16.1. The van der Waals surface area contributed by atoms with Gasteiger partial charge in [0.1, 0.15) is 0 Å². The van der Waals surface area contributed by atoms with Gasteiger partial charge in [-0.1, -0.05) is 12.1 Å². The van der Waals surface area contributed by atoms with Gasteiger partial charge in [0, 0.05) is 25.1 Å². The van der Waals surface area contributed by atoms with Crippen LogP contribution in [0, 0.1) is 11.3 Å². The number of carbonyl (C=O) groups excluding carboxylic acids is 1. The van der Waals surface area contributed by atoms with Gasteiger partial charge >= 0.3 is 0 Å². The van der Waals surface area contributed by atoms with Crippen molar-refractivity contribution in [1.82, 2.24) is 5.32 Å². The monoisotopic (exact) mass is 245 g/mol. The molecule has 1 amide bonds. The van der Waals surface area contributed by atoms with Crippen LogP contribution in [-0.2, 0) is 11.2 Å². The molecule has 0 fully saturated rings. The summed E-state index contributed by atoms with van der Waals surface area (Å²) in [5, 5.41) is 11.2. The molecule has 0 aliphatic rings. The summed E-state index contributed by atoms with van der Waals surface area (Å²) in [4.78, 5) is 11.5. The zero-order valence-electron chi connectivity index (χ0n) is 10.5. The van der Waals surface area contributed by atoms with E-state index in [9.17, 15) is 4.79 Å². The van der Waals surface area contributed by atoms with Crippen molar-refractivity contribution in [2.75, 3.05) is 12.3 Å². The second kappa shape index (κ2) is 8.13. The number of nitrogen functional groups attached to an aromatic ring is 1. The van der Waals surface area contributed by atoms with E-state index in [1.54, 1.807) is 0 Å². The molecule has 3 N–H and O–H groups in total. The van der Waals surface area contributed by atoms with Gasteiger partial charge in [-0.2, -0.15) is 5.26 Å². The Bertz CT molecular complexity index is 406. The van der Waals surface area contributed by atoms with Crippen molar-refractivity contribution in [2.24, 2.45) is 0 Å². The lowest BCUT2D eigenvalue weighted by atomic mass is 10.1. The Morgan fingerprint density at radius 2 is 2.00 bits per heavy atom. The van der Waals surface area contributed by atoms with Gasteiger partial charge in [0.25, 0.3) is 0 Å². The largest absolute Gasteiger partial charge is 0.399 e. The average Bonchev–Trinajstić information content (AvgIpc) is 2.38. The second-order valence-corrected chi connectivity index (χ2v) is 4.21. The van der Waals surface area contributed by atoms with Crippen molar-refractivity contribution in [1.29, 1.82) is 5.26 Å². The lowest BCUT2D eigenvalue weighted by Gasteiger charge is -2.04. The van der Waals surface area contributed by atoms with E-state index in [-0.39, 0.29) is 5.91 Å². The van der Waals surface area contributed by atoms with Gasteiger partial charge < -0.3 is 11.1 Å². The molecular formula is C14H19N3O. The minimum atomic E-state index is 0.0591. The number of carbonyl (C=O) groups is 1. The predicted octanol–water partition coefficient (Wildman–Crippen LogP) is 2.01. The van der Waals surface area contributed by atoms with Crippen LogP contribution in [-0.4, -0.2) is 12.5 Å². The number of hydrogen-bond donors (Lipinski definition) is 2. The van der Waals surface area contributed by atoms with Gasteiger partial charge in [0.2, 0.25) is 5.91 Å². The third-order valence-electron chi connectivity index (χ3n) is 2.66. The topological polar surface area (TPSA) is 78.9 Å². The van der Waals surface area contributed by atoms with Gasteiger partial charge in [-0.15, -0.1) is 0 Å². The van der Waals surface area contributed by atoms with Crippen LogP contribution in [0.25, 0.3) is 0 Å². The first kappa shape index (κ1) is 14.0. The van der Waals surface area contributed by atoms with Gasteiger partial charge in [-0.3, -0.25) is 4.79 Å². The molecule has 0 atom stereocenters. The number of nitrogens with zero attached hydrogens (tertiary/aromatic N) is 1. The molecule has 0 heterocycles. The summed E-state index contributed by atoms with van der Waals surface area (Å²) in [5.74, 6) is 0.0591. The molecule has 1 aromatic rings. The summed E-state index contributed by atoms with van der Waals surface area (Å²) in [6.45, 7) is 0.655. The normalized spacial score (nSPS) is 9.72. The number of benzene rings is 1. The zero-order valence-corrected chi connectivity index (χ0v) is 10.5. The molecule has 1 aromatic carbocycles. The number of nitrogens with one attached hydrogen (secondary N) is 1. The standard InChI is InChI=1S/C14H19N3O/c15-10-2-1-3-11-17-14(18)9-6-12-4-7-13(16)8-5-12/h4-5,7-8H,1-3,6,9,11,16H2,(H,17,18). The lowest BCUT2D eigenvalue weighted by molar-refractivity contribution is -0.121. The summed E-state index contributed by atoms with van der Waals surface area (Å²) < 4.78 is 0. The van der Waals surface area contributed by atoms with Crippen molar-refractivity contribution < 1.29 is 4.79 Å². The highest BCUT2D eigenvalue weighted by Gasteiger charge is 2.01. The van der Waals surface area contributed by atoms with E-state index < -0.39 is 0 Å². The third kappa shape index (κ3) is 5.90. The summed E-state index contributed by atoms with van der Waals surface area (Å²) >= 11 is 0. The molecular weight excluding hydrogens is 226 g/mol. The first-order valence-corrected chi connectivity index (χ1v) is 6.20. The van der Waals surface area contributed by atoms with Crippen LogP contribution in [0.2, 0.25) is 0 Å². The summed E-state index contributed by atoms with van der Waals surface area (Å²) in [5.41, 5.74) is 7.44. The minimum Gasteiger partial charge on any atom is -0.399 e. The Morgan fingerprint density at radius 1 is 1.28 bits per heavy atom. The molecule has 4 nitrogen and oxygen atoms in total. The Hall–Kier alpha value is -2.02. The number of hydrogen-bond acceptors (Lipinski definition) is 3. The molecule has 0 unspecified atom stereocenters. The van der Waals surface area contributed by atoms with Gasteiger partial charge in [0.05, 0.1) is 6.07 Å². The minimum absolute atomic E-state index is 0.0591. The smallest absolute Gasteiger partial charge is 0.220 e. The van der Waals surface area contributed by atoms with E-state index in [0.29, 0.717) is 19.4 Å². The first-order valence-electron chi connectivity index (χ1n) is 6.20. The highest BCUT2D eigenvalue weighted by Crippen LogP contribution is 2.07. The molecule has 0 aliphatic carbocycles. The number of aryl methyl sites for hydroxylation is 1. The van der Waals surface area contributed by atoms with Gasteiger partial charge in [-0.25, -0.2) is 0 Å². The number of amides is 1. The van der Waals surface area contributed by atoms with E-state index in [0.717, 1.165) is 30.5 Å². The molecule has 0 radical (unpaired) electrons. The third-order valence-corrected chi connectivity index (χ3v) is 2.66. The maximum Gasteiger partial charge on any atom is 0.220 e. The van der Waals surface area contributed by atoms with Crippen LogP contribution < -0.4 is 11.1 Å². The molecule has 96 valence electrons. The van der Waals surface area contributed by atoms with Crippen molar-refractivity contribution >= 4 is 11.6 Å². The van der Waals surface area contributed by atoms with Crippen molar-refractivity contribution in [3.63, 3.8) is 0 Å². The van der Waals surface area contributed by atoms with Crippen molar-refractivity contribution in [2.45, 2.75) is 32.1 Å². The van der Waals surface area contributed by atoms with E-state index in [2.05, 4.69) is 11.4 Å². The number of anilines is 1. The van der Waals surface area contributed by atoms with Crippen LogP contribution in [0.3, 0.4) is 0 Å². The predicted molar refractivity (Wildman–Crippen MR) is 71.6 cm³/mol. The van der Waals surface area contributed by atoms with Crippen molar-refractivity contribution in [3.05, 3.63) is 29.8 Å². The molecule has 0 aliphatic heterocycles. The Labute approximate surface area is 108 Å². The Morgan fingerprint density at radius 3 is 2.67 bits per heavy atom. The van der Waals surface area contributed by atoms with E-state index in [1.807, 2.05) is 24.3 Å². The number of rotatable bonds is 7. The fourth-order valence-corrected chi connectivity index (χ4v) is 1.59. The fourth-order valence-electron chi connectivity index (χ4n) is 1.59. The number of unbranched alkanes of at least 4 members (excludes halogenated alkanes) is 2. The molecule has 1 rings (SSSR count). The summed E-state index contributed by atoms with van der Waals surface area (Å²) in [7, 11) is 0. The quantitative estimate of drug-likeness (QED) is 0.569. The van der Waals surface area contributed by atoms with Crippen LogP contribution in [0.15, 0.2) is 24.3 Å². The summed E-state index contributed by atoms with van der Waals surface area (Å²) in [6, 6.07) is 9.65. The van der Waals surface area contributed by atoms with Crippen LogP contribution in [0.5, 0.6) is 0 Å². The Balaban J connectivity index is 2.13. The zero-order chi connectivity index (χ0) is 13.2. The highest BCUT2D eigenvalue weighted by molar-refractivity contribution is 5.76. The molecule has 0 saturated heterocycles. The van der Waals surface area contributed by atoms with E-state index in [1.165, 1.54) is 0 Å². The molecule has 0 aromatic heterocycles. The molecule has 0 bridgehead atoms. The summed E-state index contributed by atoms with van der Waals surface area (Å²) in [6.07, 6.45) is 3.48. The molecule has 0 spiro atoms. The van der Waals surface area contributed by atoms with Crippen molar-refractivity contribution in [3.8, 4) is 6.07 Å². The maximum atomic E-state index is 11.5. The SMILES string of the molecule is N#CCCCCNC(=O)CCc1ccc(N)cc1. The first-order chi connectivity index (χ1) is 8.72. The van der Waals surface area contributed by atoms with Crippen LogP contribution in [0.1, 0.15) is 31.2 Å². The van der Waals surface area contributed by atoms with E-state index >= 15 is 0 Å². The average molecular weight is 245 g/mol. The number of nitriles is 1. The maximum absolute atomic E-state index is 11.5. The van der Waals surface area contributed by atoms with E-state index in [4.69, 9.17) is 11.0 Å². The fraction of sp³-hybridized carbons (Fsp3) is 0.429. The Kier molecular flexibility index (Phi) is 6.34. The molecule has 0 saturated carbocycles. The lowest BCUT2D eigenvalue weighted by Crippen LogP contribution is -2.24. The second-order valence-electron chi connectivity index (χ2n) is 4.21. The molecule has 4 heteroatoms.